The molecule has 3 aromatic heterocycles. The molecular weight excluding hydrogens is 332 g/mol. The van der Waals surface area contributed by atoms with Crippen LogP contribution in [0.3, 0.4) is 0 Å². The summed E-state index contributed by atoms with van der Waals surface area (Å²) in [6.45, 7) is 8.65. The number of rotatable bonds is 5. The van der Waals surface area contributed by atoms with Crippen LogP contribution in [0.1, 0.15) is 25.6 Å². The largest absolute Gasteiger partial charge is 0.353 e. The predicted molar refractivity (Wildman–Crippen MR) is 96.6 cm³/mol. The summed E-state index contributed by atoms with van der Waals surface area (Å²) in [4.78, 5) is 17.9. The van der Waals surface area contributed by atoms with E-state index in [1.54, 1.807) is 11.0 Å². The third-order valence-electron chi connectivity index (χ3n) is 4.64. The molecule has 9 heteroatoms. The van der Waals surface area contributed by atoms with E-state index >= 15 is 0 Å². The van der Waals surface area contributed by atoms with E-state index in [9.17, 15) is 0 Å². The van der Waals surface area contributed by atoms with E-state index in [1.807, 2.05) is 13.2 Å². The zero-order chi connectivity index (χ0) is 18.1. The van der Waals surface area contributed by atoms with Crippen molar-refractivity contribution in [3.8, 4) is 0 Å². The van der Waals surface area contributed by atoms with Crippen molar-refractivity contribution in [1.29, 1.82) is 0 Å². The molecule has 1 aliphatic heterocycles. The van der Waals surface area contributed by atoms with Crippen LogP contribution in [0.2, 0.25) is 0 Å². The fourth-order valence-electron chi connectivity index (χ4n) is 3.31. The van der Waals surface area contributed by atoms with Crippen molar-refractivity contribution >= 4 is 16.9 Å². The summed E-state index contributed by atoms with van der Waals surface area (Å²) < 4.78 is 7.17. The quantitative estimate of drug-likeness (QED) is 0.675. The van der Waals surface area contributed by atoms with Gasteiger partial charge in [0.25, 0.3) is 0 Å². The van der Waals surface area contributed by atoms with E-state index in [-0.39, 0.29) is 0 Å². The van der Waals surface area contributed by atoms with Crippen molar-refractivity contribution < 1.29 is 4.52 Å². The van der Waals surface area contributed by atoms with Gasteiger partial charge < -0.3 is 9.42 Å². The van der Waals surface area contributed by atoms with Gasteiger partial charge >= 0.3 is 0 Å². The normalized spacial score (nSPS) is 16.1. The summed E-state index contributed by atoms with van der Waals surface area (Å²) in [7, 11) is 1.90. The minimum atomic E-state index is 0.529. The lowest BCUT2D eigenvalue weighted by molar-refractivity contribution is 0.215. The van der Waals surface area contributed by atoms with E-state index in [1.165, 1.54) is 0 Å². The summed E-state index contributed by atoms with van der Waals surface area (Å²) in [6, 6.07) is 0. The highest BCUT2D eigenvalue weighted by atomic mass is 16.5. The molecule has 9 nitrogen and oxygen atoms in total. The average Bonchev–Trinajstić information content (AvgIpc) is 3.22. The molecule has 26 heavy (non-hydrogen) atoms. The summed E-state index contributed by atoms with van der Waals surface area (Å²) in [5.74, 6) is 2.99. The summed E-state index contributed by atoms with van der Waals surface area (Å²) in [5.41, 5.74) is 0.862. The Labute approximate surface area is 152 Å². The van der Waals surface area contributed by atoms with Crippen molar-refractivity contribution in [2.75, 3.05) is 31.1 Å². The Hall–Kier alpha value is -2.55. The van der Waals surface area contributed by atoms with Crippen LogP contribution in [-0.2, 0) is 20.0 Å². The Bertz CT molecular complexity index is 878. The lowest BCUT2D eigenvalue weighted by atomic mass is 10.1. The molecule has 0 amide bonds. The maximum atomic E-state index is 5.39. The molecule has 0 aromatic carbocycles. The molecule has 0 bridgehead atoms. The third kappa shape index (κ3) is 3.39. The van der Waals surface area contributed by atoms with Gasteiger partial charge in [0.2, 0.25) is 5.89 Å². The number of aryl methyl sites for hydroxylation is 1. The predicted octanol–water partition coefficient (Wildman–Crippen LogP) is 1.27. The van der Waals surface area contributed by atoms with Crippen molar-refractivity contribution in [1.82, 2.24) is 34.8 Å². The molecule has 0 saturated carbocycles. The van der Waals surface area contributed by atoms with Crippen LogP contribution >= 0.6 is 0 Å². The van der Waals surface area contributed by atoms with Crippen LogP contribution in [0.4, 0.5) is 5.82 Å². The molecule has 0 atom stereocenters. The molecule has 0 radical (unpaired) electrons. The molecule has 4 rings (SSSR count). The number of piperazine rings is 1. The Kier molecular flexibility index (Phi) is 4.54. The van der Waals surface area contributed by atoms with Crippen molar-refractivity contribution in [3.05, 3.63) is 24.2 Å². The number of hydrogen-bond donors (Lipinski definition) is 0. The summed E-state index contributed by atoms with van der Waals surface area (Å²) in [6.07, 6.45) is 4.30. The Balaban J connectivity index is 1.38. The van der Waals surface area contributed by atoms with Crippen LogP contribution in [0.5, 0.6) is 0 Å². The van der Waals surface area contributed by atoms with E-state index < -0.39 is 0 Å². The van der Waals surface area contributed by atoms with Gasteiger partial charge in [-0.25, -0.2) is 9.97 Å². The maximum Gasteiger partial charge on any atom is 0.240 e. The lowest BCUT2D eigenvalue weighted by Crippen LogP contribution is -2.46. The van der Waals surface area contributed by atoms with Gasteiger partial charge in [-0.05, 0) is 5.92 Å². The van der Waals surface area contributed by atoms with Gasteiger partial charge in [-0.1, -0.05) is 19.0 Å². The standard InChI is InChI=1S/C17H24N8O/c1-12(2)8-14-21-15(26-22-14)10-24-4-6-25(7-5-24)17-13-9-20-23(3)16(13)18-11-19-17/h9,11-12H,4-8,10H2,1-3H3. The number of anilines is 1. The third-order valence-corrected chi connectivity index (χ3v) is 4.64. The van der Waals surface area contributed by atoms with E-state index in [2.05, 4.69) is 48.9 Å². The second-order valence-corrected chi connectivity index (χ2v) is 7.17. The minimum Gasteiger partial charge on any atom is -0.353 e. The van der Waals surface area contributed by atoms with Crippen LogP contribution in [0, 0.1) is 5.92 Å². The van der Waals surface area contributed by atoms with Crippen molar-refractivity contribution in [3.63, 3.8) is 0 Å². The molecule has 0 aliphatic carbocycles. The summed E-state index contributed by atoms with van der Waals surface area (Å²) in [5, 5.41) is 9.36. The van der Waals surface area contributed by atoms with Gasteiger partial charge in [0.15, 0.2) is 11.5 Å². The minimum absolute atomic E-state index is 0.529. The molecule has 3 aromatic rings. The molecule has 1 fully saturated rings. The highest BCUT2D eigenvalue weighted by molar-refractivity contribution is 5.86. The molecule has 138 valence electrons. The zero-order valence-electron chi connectivity index (χ0n) is 15.5. The maximum absolute atomic E-state index is 5.39. The van der Waals surface area contributed by atoms with E-state index in [0.717, 1.165) is 55.3 Å². The molecule has 0 N–H and O–H groups in total. The second-order valence-electron chi connectivity index (χ2n) is 7.17. The van der Waals surface area contributed by atoms with E-state index in [4.69, 9.17) is 4.52 Å². The van der Waals surface area contributed by atoms with E-state index in [0.29, 0.717) is 18.4 Å². The highest BCUT2D eigenvalue weighted by Crippen LogP contribution is 2.23. The van der Waals surface area contributed by atoms with Crippen LogP contribution < -0.4 is 4.90 Å². The monoisotopic (exact) mass is 356 g/mol. The van der Waals surface area contributed by atoms with Gasteiger partial charge in [0.1, 0.15) is 12.1 Å². The molecule has 0 unspecified atom stereocenters. The SMILES string of the molecule is CC(C)Cc1noc(CN2CCN(c3ncnc4c3cnn4C)CC2)n1. The molecule has 0 spiro atoms. The fraction of sp³-hybridized carbons (Fsp3) is 0.588. The van der Waals surface area contributed by atoms with Gasteiger partial charge in [-0.2, -0.15) is 10.1 Å². The fourth-order valence-corrected chi connectivity index (χ4v) is 3.31. The highest BCUT2D eigenvalue weighted by Gasteiger charge is 2.22. The van der Waals surface area contributed by atoms with Crippen LogP contribution in [-0.4, -0.2) is 61.0 Å². The lowest BCUT2D eigenvalue weighted by Gasteiger charge is -2.34. The second kappa shape index (κ2) is 6.99. The van der Waals surface area contributed by atoms with Gasteiger partial charge in [-0.15, -0.1) is 0 Å². The Morgan fingerprint density at radius 1 is 1.15 bits per heavy atom. The smallest absolute Gasteiger partial charge is 0.240 e. The van der Waals surface area contributed by atoms with Gasteiger partial charge in [-0.3, -0.25) is 9.58 Å². The first-order chi connectivity index (χ1) is 12.6. The number of hydrogen-bond acceptors (Lipinski definition) is 8. The first-order valence-electron chi connectivity index (χ1n) is 9.01. The van der Waals surface area contributed by atoms with Crippen LogP contribution in [0.25, 0.3) is 11.0 Å². The average molecular weight is 356 g/mol. The zero-order valence-corrected chi connectivity index (χ0v) is 15.5. The molecule has 1 aliphatic rings. The van der Waals surface area contributed by atoms with Gasteiger partial charge in [0, 0.05) is 39.6 Å². The molecule has 4 heterocycles. The number of fused-ring (bicyclic) bond motifs is 1. The Morgan fingerprint density at radius 2 is 1.96 bits per heavy atom. The van der Waals surface area contributed by atoms with Crippen molar-refractivity contribution in [2.24, 2.45) is 13.0 Å². The first kappa shape index (κ1) is 16.9. The number of aromatic nitrogens is 6. The van der Waals surface area contributed by atoms with Gasteiger partial charge in [0.05, 0.1) is 18.1 Å². The Morgan fingerprint density at radius 3 is 2.73 bits per heavy atom. The topological polar surface area (TPSA) is 89.0 Å². The molecule has 1 saturated heterocycles. The van der Waals surface area contributed by atoms with Crippen molar-refractivity contribution in [2.45, 2.75) is 26.8 Å². The van der Waals surface area contributed by atoms with Crippen LogP contribution in [0.15, 0.2) is 17.0 Å². The number of nitrogens with zero attached hydrogens (tertiary/aromatic N) is 8. The molecular formula is C17H24N8O. The first-order valence-corrected chi connectivity index (χ1v) is 9.01. The summed E-state index contributed by atoms with van der Waals surface area (Å²) >= 11 is 0.